The molecule has 2 saturated heterocycles. The van der Waals surface area contributed by atoms with Crippen molar-refractivity contribution in [2.75, 3.05) is 44.2 Å². The van der Waals surface area contributed by atoms with Gasteiger partial charge in [-0.1, -0.05) is 0 Å². The molecule has 3 heterocycles. The van der Waals surface area contributed by atoms with Crippen LogP contribution < -0.4 is 15.8 Å². The zero-order chi connectivity index (χ0) is 18.5. The predicted molar refractivity (Wildman–Crippen MR) is 99.1 cm³/mol. The number of nitrogens with zero attached hydrogens (tertiary/aromatic N) is 4. The summed E-state index contributed by atoms with van der Waals surface area (Å²) in [6.07, 6.45) is 5.18. The minimum absolute atomic E-state index is 0.0392. The van der Waals surface area contributed by atoms with Crippen LogP contribution in [-0.4, -0.2) is 71.1 Å². The molecule has 3 rings (SSSR count). The zero-order valence-electron chi connectivity index (χ0n) is 15.4. The van der Waals surface area contributed by atoms with Gasteiger partial charge in [0, 0.05) is 39.3 Å². The topological polar surface area (TPSA) is 90.7 Å². The highest BCUT2D eigenvalue weighted by molar-refractivity contribution is 5.78. The molecule has 8 heteroatoms. The lowest BCUT2D eigenvalue weighted by molar-refractivity contribution is -0.123. The molecular weight excluding hydrogens is 334 g/mol. The van der Waals surface area contributed by atoms with Crippen molar-refractivity contribution in [2.45, 2.75) is 31.8 Å². The first-order valence-electron chi connectivity index (χ1n) is 9.46. The first-order valence-corrected chi connectivity index (χ1v) is 9.46. The number of piperidine rings is 2. The summed E-state index contributed by atoms with van der Waals surface area (Å²) in [6, 6.07) is 1.63. The number of β-amino-alcohol motifs (C(OH)–C–C–N with tert-alkyl or cyclic N) is 1. The maximum atomic E-state index is 12.1. The number of hydrogen-bond acceptors (Lipinski definition) is 6. The third-order valence-corrected chi connectivity index (χ3v) is 5.37. The van der Waals surface area contributed by atoms with Gasteiger partial charge in [0.2, 0.25) is 5.91 Å². The standard InChI is InChI=1S/C18H29N5O3/c1-21-18(26)9-15(11-20-21)23-7-4-14(5-8-23)10-19-17(25)13-22-6-2-3-16(24)12-22/h9,11,14,16,24H,2-8,10,12-13H2,1H3,(H,19,25). The van der Waals surface area contributed by atoms with E-state index in [1.165, 1.54) is 4.68 Å². The Morgan fingerprint density at radius 3 is 2.77 bits per heavy atom. The van der Waals surface area contributed by atoms with Crippen molar-refractivity contribution in [1.82, 2.24) is 20.0 Å². The van der Waals surface area contributed by atoms with Crippen molar-refractivity contribution in [1.29, 1.82) is 0 Å². The summed E-state index contributed by atoms with van der Waals surface area (Å²) in [5.74, 6) is 0.499. The van der Waals surface area contributed by atoms with Gasteiger partial charge in [-0.15, -0.1) is 0 Å². The number of likely N-dealkylation sites (tertiary alicyclic amines) is 1. The maximum Gasteiger partial charge on any atom is 0.268 e. The van der Waals surface area contributed by atoms with E-state index >= 15 is 0 Å². The number of hydrogen-bond donors (Lipinski definition) is 2. The van der Waals surface area contributed by atoms with Crippen LogP contribution in [-0.2, 0) is 11.8 Å². The molecule has 0 aromatic carbocycles. The SMILES string of the molecule is Cn1ncc(N2CCC(CNC(=O)CN3CCCC(O)C3)CC2)cc1=O. The van der Waals surface area contributed by atoms with Gasteiger partial charge in [0.05, 0.1) is 24.5 Å². The fourth-order valence-corrected chi connectivity index (χ4v) is 3.72. The van der Waals surface area contributed by atoms with E-state index in [-0.39, 0.29) is 17.6 Å². The molecule has 1 unspecified atom stereocenters. The molecular formula is C18H29N5O3. The summed E-state index contributed by atoms with van der Waals surface area (Å²) < 4.78 is 1.33. The lowest BCUT2D eigenvalue weighted by atomic mass is 9.96. The number of carbonyl (C=O) groups excluding carboxylic acids is 1. The summed E-state index contributed by atoms with van der Waals surface area (Å²) in [4.78, 5) is 28.0. The van der Waals surface area contributed by atoms with Gasteiger partial charge in [0.15, 0.2) is 0 Å². The molecule has 1 aromatic heterocycles. The number of aliphatic hydroxyl groups is 1. The van der Waals surface area contributed by atoms with Gasteiger partial charge >= 0.3 is 0 Å². The Morgan fingerprint density at radius 1 is 1.31 bits per heavy atom. The maximum absolute atomic E-state index is 12.1. The number of aryl methyl sites for hydroxylation is 1. The normalized spacial score (nSPS) is 22.4. The van der Waals surface area contributed by atoms with E-state index in [0.717, 1.165) is 51.0 Å². The molecule has 26 heavy (non-hydrogen) atoms. The van der Waals surface area contributed by atoms with Gasteiger partial charge in [-0.3, -0.25) is 14.5 Å². The summed E-state index contributed by atoms with van der Waals surface area (Å²) in [7, 11) is 1.64. The summed E-state index contributed by atoms with van der Waals surface area (Å²) in [6.45, 7) is 4.28. The van der Waals surface area contributed by atoms with E-state index in [4.69, 9.17) is 0 Å². The number of carbonyl (C=O) groups is 1. The number of amides is 1. The third kappa shape index (κ3) is 5.04. The summed E-state index contributed by atoms with van der Waals surface area (Å²) in [5, 5.41) is 16.8. The van der Waals surface area contributed by atoms with Crippen LogP contribution in [0.15, 0.2) is 17.1 Å². The van der Waals surface area contributed by atoms with Gasteiger partial charge in [-0.2, -0.15) is 5.10 Å². The number of aromatic nitrogens is 2. The molecule has 1 atom stereocenters. The van der Waals surface area contributed by atoms with Crippen LogP contribution in [0.3, 0.4) is 0 Å². The lowest BCUT2D eigenvalue weighted by Crippen LogP contribution is -2.45. The van der Waals surface area contributed by atoms with Crippen LogP contribution in [0.2, 0.25) is 0 Å². The molecule has 0 saturated carbocycles. The summed E-state index contributed by atoms with van der Waals surface area (Å²) in [5.41, 5.74) is 0.777. The number of nitrogens with one attached hydrogen (secondary N) is 1. The zero-order valence-corrected chi connectivity index (χ0v) is 15.4. The van der Waals surface area contributed by atoms with E-state index < -0.39 is 0 Å². The fourth-order valence-electron chi connectivity index (χ4n) is 3.72. The second-order valence-corrected chi connectivity index (χ2v) is 7.44. The highest BCUT2D eigenvalue weighted by Crippen LogP contribution is 2.21. The highest BCUT2D eigenvalue weighted by atomic mass is 16.3. The Hall–Kier alpha value is -1.93. The van der Waals surface area contributed by atoms with Crippen molar-refractivity contribution in [3.63, 3.8) is 0 Å². The molecule has 144 valence electrons. The molecule has 1 aromatic rings. The Morgan fingerprint density at radius 2 is 2.08 bits per heavy atom. The Kier molecular flexibility index (Phi) is 6.26. The van der Waals surface area contributed by atoms with E-state index in [9.17, 15) is 14.7 Å². The van der Waals surface area contributed by atoms with Crippen molar-refractivity contribution < 1.29 is 9.90 Å². The average molecular weight is 363 g/mol. The molecule has 2 aliphatic heterocycles. The first-order chi connectivity index (χ1) is 12.5. The van der Waals surface area contributed by atoms with Gasteiger partial charge in [-0.25, -0.2) is 4.68 Å². The fraction of sp³-hybridized carbons (Fsp3) is 0.722. The Labute approximate surface area is 153 Å². The van der Waals surface area contributed by atoms with Gasteiger partial charge in [-0.05, 0) is 38.1 Å². The quantitative estimate of drug-likeness (QED) is 0.738. The number of aliphatic hydroxyl groups excluding tert-OH is 1. The van der Waals surface area contributed by atoms with Crippen molar-refractivity contribution >= 4 is 11.6 Å². The lowest BCUT2D eigenvalue weighted by Gasteiger charge is -2.33. The second kappa shape index (κ2) is 8.64. The molecule has 2 N–H and O–H groups in total. The van der Waals surface area contributed by atoms with E-state index in [2.05, 4.69) is 15.3 Å². The molecule has 2 fully saturated rings. The number of anilines is 1. The average Bonchev–Trinajstić information content (AvgIpc) is 2.63. The molecule has 1 amide bonds. The monoisotopic (exact) mass is 363 g/mol. The van der Waals surface area contributed by atoms with Gasteiger partial charge in [0.25, 0.3) is 5.56 Å². The largest absolute Gasteiger partial charge is 0.392 e. The first kappa shape index (κ1) is 18.8. The van der Waals surface area contributed by atoms with E-state index in [0.29, 0.717) is 25.6 Å². The van der Waals surface area contributed by atoms with Crippen LogP contribution >= 0.6 is 0 Å². The minimum Gasteiger partial charge on any atom is -0.392 e. The smallest absolute Gasteiger partial charge is 0.268 e. The van der Waals surface area contributed by atoms with Crippen LogP contribution in [0.5, 0.6) is 0 Å². The highest BCUT2D eigenvalue weighted by Gasteiger charge is 2.22. The van der Waals surface area contributed by atoms with Crippen molar-refractivity contribution in [2.24, 2.45) is 13.0 Å². The van der Waals surface area contributed by atoms with E-state index in [1.807, 2.05) is 4.90 Å². The summed E-state index contributed by atoms with van der Waals surface area (Å²) >= 11 is 0. The van der Waals surface area contributed by atoms with Gasteiger partial charge in [0.1, 0.15) is 0 Å². The minimum atomic E-state index is -0.301. The molecule has 0 spiro atoms. The van der Waals surface area contributed by atoms with E-state index in [1.54, 1.807) is 19.3 Å². The van der Waals surface area contributed by atoms with Crippen LogP contribution in [0.1, 0.15) is 25.7 Å². The predicted octanol–water partition coefficient (Wildman–Crippen LogP) is -0.430. The van der Waals surface area contributed by atoms with Crippen LogP contribution in [0.25, 0.3) is 0 Å². The second-order valence-electron chi connectivity index (χ2n) is 7.44. The molecule has 2 aliphatic rings. The molecule has 0 aliphatic carbocycles. The Balaban J connectivity index is 1.39. The van der Waals surface area contributed by atoms with Crippen molar-refractivity contribution in [3.8, 4) is 0 Å². The number of rotatable bonds is 5. The third-order valence-electron chi connectivity index (χ3n) is 5.37. The van der Waals surface area contributed by atoms with Crippen molar-refractivity contribution in [3.05, 3.63) is 22.6 Å². The van der Waals surface area contributed by atoms with Gasteiger partial charge < -0.3 is 15.3 Å². The van der Waals surface area contributed by atoms with Crippen LogP contribution in [0.4, 0.5) is 5.69 Å². The molecule has 0 radical (unpaired) electrons. The van der Waals surface area contributed by atoms with Crippen LogP contribution in [0, 0.1) is 5.92 Å². The molecule has 8 nitrogen and oxygen atoms in total. The molecule has 0 bridgehead atoms. The Bertz CT molecular complexity index is 669.